The monoisotopic (exact) mass is 355 g/mol. The third-order valence-electron chi connectivity index (χ3n) is 4.02. The van der Waals surface area contributed by atoms with Gasteiger partial charge in [0.05, 0.1) is 18.8 Å². The van der Waals surface area contributed by atoms with Crippen molar-refractivity contribution < 1.29 is 9.59 Å². The standard InChI is InChI=1S/C19H21N3O2S/c1-14-7-8-16(25-14)13-20-18(23)9-10-19(24)22-12-11-17(21-22)15-5-3-2-4-6-15/h2-8H,9-13H2,1H3,(H,20,23). The summed E-state index contributed by atoms with van der Waals surface area (Å²) in [6.45, 7) is 3.14. The molecule has 1 aliphatic rings. The van der Waals surface area contributed by atoms with Gasteiger partial charge < -0.3 is 5.32 Å². The van der Waals surface area contributed by atoms with E-state index in [4.69, 9.17) is 0 Å². The van der Waals surface area contributed by atoms with E-state index in [9.17, 15) is 9.59 Å². The van der Waals surface area contributed by atoms with Crippen LogP contribution in [0.4, 0.5) is 0 Å². The molecule has 6 heteroatoms. The first kappa shape index (κ1) is 17.4. The van der Waals surface area contributed by atoms with Gasteiger partial charge in [0.2, 0.25) is 11.8 Å². The summed E-state index contributed by atoms with van der Waals surface area (Å²) >= 11 is 1.66. The molecule has 1 aromatic carbocycles. The molecule has 0 spiro atoms. The number of hydrogen-bond donors (Lipinski definition) is 1. The molecule has 25 heavy (non-hydrogen) atoms. The van der Waals surface area contributed by atoms with Crippen LogP contribution < -0.4 is 5.32 Å². The molecule has 0 atom stereocenters. The lowest BCUT2D eigenvalue weighted by Gasteiger charge is -2.11. The number of benzene rings is 1. The molecule has 130 valence electrons. The average molecular weight is 355 g/mol. The second-order valence-corrected chi connectivity index (χ2v) is 7.34. The van der Waals surface area contributed by atoms with Crippen LogP contribution in [0.25, 0.3) is 0 Å². The summed E-state index contributed by atoms with van der Waals surface area (Å²) in [6.07, 6.45) is 1.12. The summed E-state index contributed by atoms with van der Waals surface area (Å²) in [7, 11) is 0. The molecule has 1 N–H and O–H groups in total. The van der Waals surface area contributed by atoms with Crippen LogP contribution in [0.3, 0.4) is 0 Å². The molecular weight excluding hydrogens is 334 g/mol. The Morgan fingerprint density at radius 3 is 2.68 bits per heavy atom. The van der Waals surface area contributed by atoms with E-state index >= 15 is 0 Å². The summed E-state index contributed by atoms with van der Waals surface area (Å²) in [4.78, 5) is 26.5. The molecule has 0 fully saturated rings. The van der Waals surface area contributed by atoms with Gasteiger partial charge >= 0.3 is 0 Å². The van der Waals surface area contributed by atoms with Crippen molar-refractivity contribution in [3.05, 3.63) is 57.8 Å². The fourth-order valence-electron chi connectivity index (χ4n) is 2.67. The van der Waals surface area contributed by atoms with Crippen molar-refractivity contribution in [1.82, 2.24) is 10.3 Å². The molecule has 2 aromatic rings. The molecule has 1 aromatic heterocycles. The first-order valence-electron chi connectivity index (χ1n) is 8.37. The lowest BCUT2D eigenvalue weighted by Crippen LogP contribution is -2.27. The number of hydrazone groups is 1. The number of thiophene rings is 1. The minimum Gasteiger partial charge on any atom is -0.351 e. The number of nitrogens with zero attached hydrogens (tertiary/aromatic N) is 2. The van der Waals surface area contributed by atoms with E-state index in [1.165, 1.54) is 9.89 Å². The SMILES string of the molecule is Cc1ccc(CNC(=O)CCC(=O)N2CCC(c3ccccc3)=N2)s1. The zero-order valence-electron chi connectivity index (χ0n) is 14.2. The molecule has 0 radical (unpaired) electrons. The van der Waals surface area contributed by atoms with Crippen LogP contribution >= 0.6 is 11.3 Å². The largest absolute Gasteiger partial charge is 0.351 e. The molecule has 0 saturated carbocycles. The predicted molar refractivity (Wildman–Crippen MR) is 99.4 cm³/mol. The Labute approximate surface area is 151 Å². The topological polar surface area (TPSA) is 61.8 Å². The summed E-state index contributed by atoms with van der Waals surface area (Å²) in [6, 6.07) is 13.9. The highest BCUT2D eigenvalue weighted by molar-refractivity contribution is 7.11. The molecule has 2 heterocycles. The van der Waals surface area contributed by atoms with Gasteiger partial charge in [-0.15, -0.1) is 11.3 Å². The number of aryl methyl sites for hydroxylation is 1. The first-order valence-corrected chi connectivity index (χ1v) is 9.19. The van der Waals surface area contributed by atoms with E-state index in [0.29, 0.717) is 13.1 Å². The highest BCUT2D eigenvalue weighted by Gasteiger charge is 2.21. The summed E-state index contributed by atoms with van der Waals surface area (Å²) < 4.78 is 0. The van der Waals surface area contributed by atoms with Crippen LogP contribution in [0.5, 0.6) is 0 Å². The van der Waals surface area contributed by atoms with Crippen LogP contribution in [0, 0.1) is 6.92 Å². The molecule has 5 nitrogen and oxygen atoms in total. The van der Waals surface area contributed by atoms with E-state index in [2.05, 4.69) is 10.4 Å². The first-order chi connectivity index (χ1) is 12.1. The van der Waals surface area contributed by atoms with E-state index in [1.54, 1.807) is 11.3 Å². The number of carbonyl (C=O) groups excluding carboxylic acids is 2. The molecular formula is C19H21N3O2S. The zero-order valence-corrected chi connectivity index (χ0v) is 15.0. The molecule has 0 bridgehead atoms. The van der Waals surface area contributed by atoms with Gasteiger partial charge in [0.1, 0.15) is 0 Å². The van der Waals surface area contributed by atoms with Gasteiger partial charge in [-0.25, -0.2) is 5.01 Å². The predicted octanol–water partition coefficient (Wildman–Crippen LogP) is 3.09. The van der Waals surface area contributed by atoms with Gasteiger partial charge in [-0.2, -0.15) is 5.10 Å². The third kappa shape index (κ3) is 4.76. The Kier molecular flexibility index (Phi) is 5.60. The lowest BCUT2D eigenvalue weighted by molar-refractivity contribution is -0.133. The van der Waals surface area contributed by atoms with Crippen molar-refractivity contribution in [2.75, 3.05) is 6.54 Å². The highest BCUT2D eigenvalue weighted by Crippen LogP contribution is 2.16. The Bertz CT molecular complexity index is 783. The van der Waals surface area contributed by atoms with Crippen LogP contribution in [0.15, 0.2) is 47.6 Å². The maximum absolute atomic E-state index is 12.2. The number of hydrogen-bond acceptors (Lipinski definition) is 4. The fraction of sp³-hybridized carbons (Fsp3) is 0.316. The molecule has 0 saturated heterocycles. The van der Waals surface area contributed by atoms with Gasteiger partial charge in [-0.3, -0.25) is 9.59 Å². The van der Waals surface area contributed by atoms with Gasteiger partial charge in [0.15, 0.2) is 0 Å². The van der Waals surface area contributed by atoms with Gasteiger partial charge in [-0.1, -0.05) is 30.3 Å². The third-order valence-corrected chi connectivity index (χ3v) is 5.02. The molecule has 0 unspecified atom stereocenters. The maximum atomic E-state index is 12.2. The van der Waals surface area contributed by atoms with Crippen molar-refractivity contribution in [1.29, 1.82) is 0 Å². The van der Waals surface area contributed by atoms with Crippen LogP contribution in [-0.2, 0) is 16.1 Å². The summed E-state index contributed by atoms with van der Waals surface area (Å²) in [5.41, 5.74) is 1.97. The Morgan fingerprint density at radius 1 is 1.16 bits per heavy atom. The highest BCUT2D eigenvalue weighted by atomic mass is 32.1. The minimum atomic E-state index is -0.106. The Hall–Kier alpha value is -2.47. The van der Waals surface area contributed by atoms with Crippen molar-refractivity contribution in [2.24, 2.45) is 5.10 Å². The Morgan fingerprint density at radius 2 is 1.96 bits per heavy atom. The van der Waals surface area contributed by atoms with E-state index in [-0.39, 0.29) is 24.7 Å². The number of nitrogens with one attached hydrogen (secondary N) is 1. The van der Waals surface area contributed by atoms with Crippen molar-refractivity contribution >= 4 is 28.9 Å². The van der Waals surface area contributed by atoms with Crippen molar-refractivity contribution in [3.8, 4) is 0 Å². The second kappa shape index (κ2) is 8.07. The van der Waals surface area contributed by atoms with Crippen LogP contribution in [-0.4, -0.2) is 29.1 Å². The number of amides is 2. The zero-order chi connectivity index (χ0) is 17.6. The summed E-state index contributed by atoms with van der Waals surface area (Å²) in [5, 5.41) is 8.75. The quantitative estimate of drug-likeness (QED) is 0.865. The second-order valence-electron chi connectivity index (χ2n) is 5.97. The van der Waals surface area contributed by atoms with E-state index in [0.717, 1.165) is 22.6 Å². The fourth-order valence-corrected chi connectivity index (χ4v) is 3.50. The molecule has 2 amide bonds. The van der Waals surface area contributed by atoms with Crippen molar-refractivity contribution in [3.63, 3.8) is 0 Å². The maximum Gasteiger partial charge on any atom is 0.243 e. The van der Waals surface area contributed by atoms with Crippen molar-refractivity contribution in [2.45, 2.75) is 32.7 Å². The van der Waals surface area contributed by atoms with Crippen LogP contribution in [0.1, 0.15) is 34.6 Å². The smallest absolute Gasteiger partial charge is 0.243 e. The number of carbonyl (C=O) groups is 2. The lowest BCUT2D eigenvalue weighted by atomic mass is 10.1. The molecule has 1 aliphatic heterocycles. The van der Waals surface area contributed by atoms with E-state index < -0.39 is 0 Å². The van der Waals surface area contributed by atoms with E-state index in [1.807, 2.05) is 49.4 Å². The molecule has 3 rings (SSSR count). The number of rotatable bonds is 6. The minimum absolute atomic E-state index is 0.104. The van der Waals surface area contributed by atoms with Gasteiger partial charge in [0.25, 0.3) is 0 Å². The van der Waals surface area contributed by atoms with Gasteiger partial charge in [-0.05, 0) is 24.6 Å². The molecule has 0 aliphatic carbocycles. The van der Waals surface area contributed by atoms with Crippen LogP contribution in [0.2, 0.25) is 0 Å². The normalized spacial score (nSPS) is 13.6. The Balaban J connectivity index is 1.45. The average Bonchev–Trinajstić information content (AvgIpc) is 3.28. The van der Waals surface area contributed by atoms with Gasteiger partial charge in [0, 0.05) is 29.0 Å². The summed E-state index contributed by atoms with van der Waals surface area (Å²) in [5.74, 6) is -0.209.